The van der Waals surface area contributed by atoms with E-state index >= 15 is 0 Å². The third-order valence-corrected chi connectivity index (χ3v) is 5.85. The molecular weight excluding hydrogens is 520 g/mol. The van der Waals surface area contributed by atoms with E-state index in [-0.39, 0.29) is 50.5 Å². The molecule has 14 heteroatoms. The topological polar surface area (TPSA) is 258 Å². The Morgan fingerprint density at radius 2 is 1.43 bits per heavy atom. The highest BCUT2D eigenvalue weighted by atomic mass is 16.4. The average molecular weight is 563 g/mol. The molecule has 0 saturated heterocycles. The van der Waals surface area contributed by atoms with Crippen LogP contribution in [0.1, 0.15) is 51.5 Å². The molecule has 0 aliphatic carbocycles. The normalized spacial score (nSPS) is 13.8. The van der Waals surface area contributed by atoms with Crippen molar-refractivity contribution in [2.75, 3.05) is 6.54 Å². The zero-order chi connectivity index (χ0) is 30.2. The van der Waals surface area contributed by atoms with Crippen molar-refractivity contribution in [3.8, 4) is 0 Å². The molecule has 0 fully saturated rings. The second-order valence-electron chi connectivity index (χ2n) is 9.90. The van der Waals surface area contributed by atoms with Gasteiger partial charge in [-0.2, -0.15) is 0 Å². The zero-order valence-corrected chi connectivity index (χ0v) is 23.0. The smallest absolute Gasteiger partial charge is 0.326 e. The SMILES string of the molecule is CC(C)C[C@H](N)C(=O)N[C@@H](Cc1ccccc1)C(=O)N[C@@H](CCCN=C(N)N)C(=O)N[C@@H](CCC(N)=O)C(=O)O. The van der Waals surface area contributed by atoms with E-state index in [2.05, 4.69) is 20.9 Å². The van der Waals surface area contributed by atoms with Gasteiger partial charge in [-0.15, -0.1) is 0 Å². The standard InChI is InChI=1S/C26H42N8O6/c1-15(2)13-17(27)22(36)34-20(14-16-7-4-3-5-8-16)24(38)32-18(9-6-12-31-26(29)30)23(37)33-19(25(39)40)10-11-21(28)35/h3-5,7-8,15,17-20H,6,9-14,27H2,1-2H3,(H2,28,35)(H,32,38)(H,33,37)(H,34,36)(H,39,40)(H4,29,30,31)/t17-,18-,19-,20-/m0/s1. The van der Waals surface area contributed by atoms with E-state index in [0.29, 0.717) is 6.42 Å². The largest absolute Gasteiger partial charge is 0.480 e. The van der Waals surface area contributed by atoms with Gasteiger partial charge >= 0.3 is 5.97 Å². The first kappa shape index (κ1) is 33.8. The first-order valence-electron chi connectivity index (χ1n) is 13.1. The molecule has 1 aromatic rings. The summed E-state index contributed by atoms with van der Waals surface area (Å²) in [5.41, 5.74) is 22.6. The minimum absolute atomic E-state index is 0.0510. The fourth-order valence-electron chi connectivity index (χ4n) is 3.81. The highest BCUT2D eigenvalue weighted by molar-refractivity contribution is 5.94. The molecule has 1 rings (SSSR count). The number of benzene rings is 1. The van der Waals surface area contributed by atoms with E-state index in [1.807, 2.05) is 19.9 Å². The van der Waals surface area contributed by atoms with Gasteiger partial charge in [-0.25, -0.2) is 4.79 Å². The number of nitrogens with one attached hydrogen (secondary N) is 3. The van der Waals surface area contributed by atoms with E-state index < -0.39 is 53.8 Å². The van der Waals surface area contributed by atoms with E-state index in [0.717, 1.165) is 5.56 Å². The number of carboxylic acids is 1. The molecule has 40 heavy (non-hydrogen) atoms. The third kappa shape index (κ3) is 13.6. The lowest BCUT2D eigenvalue weighted by molar-refractivity contribution is -0.142. The van der Waals surface area contributed by atoms with Crippen LogP contribution in [0.4, 0.5) is 0 Å². The Bertz CT molecular complexity index is 1030. The first-order valence-corrected chi connectivity index (χ1v) is 13.1. The lowest BCUT2D eigenvalue weighted by Crippen LogP contribution is -2.57. The number of aliphatic imine (C=N–C) groups is 1. The van der Waals surface area contributed by atoms with Gasteiger partial charge in [-0.3, -0.25) is 24.2 Å². The first-order chi connectivity index (χ1) is 18.8. The maximum Gasteiger partial charge on any atom is 0.326 e. The fourth-order valence-corrected chi connectivity index (χ4v) is 3.81. The van der Waals surface area contributed by atoms with Gasteiger partial charge in [-0.05, 0) is 37.2 Å². The van der Waals surface area contributed by atoms with Crippen molar-refractivity contribution in [3.05, 3.63) is 35.9 Å². The number of nitrogens with two attached hydrogens (primary N) is 4. The third-order valence-electron chi connectivity index (χ3n) is 5.85. The van der Waals surface area contributed by atoms with Crippen molar-refractivity contribution in [2.24, 2.45) is 33.8 Å². The summed E-state index contributed by atoms with van der Waals surface area (Å²) in [7, 11) is 0. The Labute approximate surface area is 233 Å². The minimum Gasteiger partial charge on any atom is -0.480 e. The zero-order valence-electron chi connectivity index (χ0n) is 23.0. The van der Waals surface area contributed by atoms with E-state index in [1.54, 1.807) is 24.3 Å². The van der Waals surface area contributed by atoms with E-state index in [1.165, 1.54) is 0 Å². The van der Waals surface area contributed by atoms with Crippen molar-refractivity contribution >= 4 is 35.6 Å². The van der Waals surface area contributed by atoms with Gasteiger partial charge in [0.05, 0.1) is 6.04 Å². The monoisotopic (exact) mass is 562 g/mol. The van der Waals surface area contributed by atoms with Crippen LogP contribution in [0.5, 0.6) is 0 Å². The Balaban J connectivity index is 3.15. The van der Waals surface area contributed by atoms with Gasteiger partial charge in [0.1, 0.15) is 18.1 Å². The molecule has 0 aliphatic heterocycles. The average Bonchev–Trinajstić information content (AvgIpc) is 2.87. The lowest BCUT2D eigenvalue weighted by atomic mass is 10.0. The van der Waals surface area contributed by atoms with Crippen LogP contribution in [0, 0.1) is 5.92 Å². The molecule has 0 aromatic heterocycles. The molecular formula is C26H42N8O6. The summed E-state index contributed by atoms with van der Waals surface area (Å²) >= 11 is 0. The lowest BCUT2D eigenvalue weighted by Gasteiger charge is -2.25. The molecule has 1 aromatic carbocycles. The van der Waals surface area contributed by atoms with Crippen LogP contribution in [-0.2, 0) is 30.4 Å². The molecule has 0 aliphatic rings. The number of carbonyl (C=O) groups is 5. The Morgan fingerprint density at radius 3 is 1.98 bits per heavy atom. The van der Waals surface area contributed by atoms with Gasteiger partial charge in [0, 0.05) is 19.4 Å². The Hall–Kier alpha value is -4.20. The molecule has 4 amide bonds. The number of primary amides is 1. The quantitative estimate of drug-likeness (QED) is 0.0585. The van der Waals surface area contributed by atoms with Gasteiger partial charge in [0.15, 0.2) is 5.96 Å². The number of carboxylic acid groups (broad SMARTS) is 1. The van der Waals surface area contributed by atoms with Crippen LogP contribution in [0.3, 0.4) is 0 Å². The Morgan fingerprint density at radius 1 is 0.850 bits per heavy atom. The molecule has 0 bridgehead atoms. The molecule has 0 spiro atoms. The summed E-state index contributed by atoms with van der Waals surface area (Å²) in [4.78, 5) is 65.9. The molecule has 0 saturated carbocycles. The Kier molecular flexibility index (Phi) is 14.7. The number of rotatable bonds is 18. The van der Waals surface area contributed by atoms with Crippen LogP contribution < -0.4 is 38.9 Å². The fraction of sp³-hybridized carbons (Fsp3) is 0.538. The predicted molar refractivity (Wildman–Crippen MR) is 149 cm³/mol. The van der Waals surface area contributed by atoms with Crippen LogP contribution >= 0.6 is 0 Å². The summed E-state index contributed by atoms with van der Waals surface area (Å²) in [6, 6.07) is 4.43. The maximum atomic E-state index is 13.4. The summed E-state index contributed by atoms with van der Waals surface area (Å²) < 4.78 is 0. The number of hydrogen-bond donors (Lipinski definition) is 8. The minimum atomic E-state index is -1.41. The van der Waals surface area contributed by atoms with Crippen LogP contribution in [0.15, 0.2) is 35.3 Å². The van der Waals surface area contributed by atoms with Gasteiger partial charge in [0.2, 0.25) is 23.6 Å². The second kappa shape index (κ2) is 17.4. The molecule has 0 radical (unpaired) electrons. The summed E-state index contributed by atoms with van der Waals surface area (Å²) in [5, 5.41) is 17.1. The highest BCUT2D eigenvalue weighted by Crippen LogP contribution is 2.09. The van der Waals surface area contributed by atoms with Crippen molar-refractivity contribution in [2.45, 2.75) is 76.5 Å². The van der Waals surface area contributed by atoms with Gasteiger partial charge < -0.3 is 44.0 Å². The second-order valence-corrected chi connectivity index (χ2v) is 9.90. The van der Waals surface area contributed by atoms with Crippen LogP contribution in [0.25, 0.3) is 0 Å². The summed E-state index contributed by atoms with van der Waals surface area (Å²) in [6.07, 6.45) is 0.348. The summed E-state index contributed by atoms with van der Waals surface area (Å²) in [6.45, 7) is 3.99. The number of guanidine groups is 1. The molecule has 0 unspecified atom stereocenters. The van der Waals surface area contributed by atoms with Gasteiger partial charge in [-0.1, -0.05) is 44.2 Å². The molecule has 0 heterocycles. The van der Waals surface area contributed by atoms with Crippen molar-refractivity contribution in [1.29, 1.82) is 0 Å². The van der Waals surface area contributed by atoms with Gasteiger partial charge in [0.25, 0.3) is 0 Å². The number of amides is 4. The molecule has 14 nitrogen and oxygen atoms in total. The summed E-state index contributed by atoms with van der Waals surface area (Å²) in [5.74, 6) is -4.07. The van der Waals surface area contributed by atoms with Crippen molar-refractivity contribution in [3.63, 3.8) is 0 Å². The number of aliphatic carboxylic acids is 1. The van der Waals surface area contributed by atoms with Crippen LogP contribution in [-0.4, -0.2) is 71.4 Å². The number of nitrogens with zero attached hydrogens (tertiary/aromatic N) is 1. The molecule has 12 N–H and O–H groups in total. The van der Waals surface area contributed by atoms with Crippen molar-refractivity contribution < 1.29 is 29.1 Å². The van der Waals surface area contributed by atoms with E-state index in [9.17, 15) is 29.1 Å². The van der Waals surface area contributed by atoms with E-state index in [4.69, 9.17) is 22.9 Å². The number of carbonyl (C=O) groups excluding carboxylic acids is 4. The maximum absolute atomic E-state index is 13.4. The number of hydrogen-bond acceptors (Lipinski definition) is 7. The predicted octanol–water partition coefficient (Wildman–Crippen LogP) is -1.54. The highest BCUT2D eigenvalue weighted by Gasteiger charge is 2.30. The van der Waals surface area contributed by atoms with Crippen LogP contribution in [0.2, 0.25) is 0 Å². The molecule has 4 atom stereocenters. The van der Waals surface area contributed by atoms with Crippen molar-refractivity contribution in [1.82, 2.24) is 16.0 Å². The molecule has 222 valence electrons.